The van der Waals surface area contributed by atoms with Crippen LogP contribution in [0.4, 0.5) is 0 Å². The smallest absolute Gasteiger partial charge is 0.0342 e. The van der Waals surface area contributed by atoms with E-state index in [2.05, 4.69) is 36.6 Å². The van der Waals surface area contributed by atoms with Gasteiger partial charge in [-0.1, -0.05) is 44.7 Å². The minimum Gasteiger partial charge on any atom is -0.144 e. The zero-order valence-corrected chi connectivity index (χ0v) is 10.9. The molecule has 0 aliphatic heterocycles. The molecule has 0 N–H and O–H groups in total. The van der Waals surface area contributed by atoms with Gasteiger partial charge in [0.15, 0.2) is 0 Å². The van der Waals surface area contributed by atoms with Gasteiger partial charge >= 0.3 is 0 Å². The molecule has 16 heavy (non-hydrogen) atoms. The number of benzene rings is 1. The summed E-state index contributed by atoms with van der Waals surface area (Å²) in [6.45, 7) is 2.27. The molecule has 1 heterocycles. The van der Waals surface area contributed by atoms with Crippen molar-refractivity contribution in [2.75, 3.05) is 0 Å². The monoisotopic (exact) mass is 232 g/mol. The van der Waals surface area contributed by atoms with Crippen LogP contribution in [0.5, 0.6) is 0 Å². The Bertz CT molecular complexity index is 428. The van der Waals surface area contributed by atoms with Gasteiger partial charge in [0.25, 0.3) is 0 Å². The largest absolute Gasteiger partial charge is 0.144 e. The molecule has 0 aliphatic rings. The predicted octanol–water partition coefficient (Wildman–Crippen LogP) is 5.41. The van der Waals surface area contributed by atoms with Crippen LogP contribution in [0.3, 0.4) is 0 Å². The molecule has 2 aromatic rings. The SMILES string of the molecule is CCCCCCCc1ccc2sccc2c1. The Hall–Kier alpha value is -0.820. The van der Waals surface area contributed by atoms with Gasteiger partial charge in [-0.25, -0.2) is 0 Å². The fourth-order valence-electron chi connectivity index (χ4n) is 2.10. The van der Waals surface area contributed by atoms with Gasteiger partial charge in [0, 0.05) is 4.70 Å². The molecule has 0 fully saturated rings. The van der Waals surface area contributed by atoms with Gasteiger partial charge in [0.05, 0.1) is 0 Å². The molecule has 0 amide bonds. The third kappa shape index (κ3) is 3.08. The van der Waals surface area contributed by atoms with Gasteiger partial charge in [0.1, 0.15) is 0 Å². The van der Waals surface area contributed by atoms with Crippen molar-refractivity contribution in [3.63, 3.8) is 0 Å². The van der Waals surface area contributed by atoms with Gasteiger partial charge in [-0.2, -0.15) is 0 Å². The molecular weight excluding hydrogens is 212 g/mol. The van der Waals surface area contributed by atoms with E-state index in [0.717, 1.165) is 0 Å². The van der Waals surface area contributed by atoms with E-state index in [9.17, 15) is 0 Å². The van der Waals surface area contributed by atoms with E-state index in [-0.39, 0.29) is 0 Å². The number of unbranched alkanes of at least 4 members (excludes halogenated alkanes) is 4. The van der Waals surface area contributed by atoms with Crippen molar-refractivity contribution in [1.82, 2.24) is 0 Å². The number of rotatable bonds is 6. The summed E-state index contributed by atoms with van der Waals surface area (Å²) in [5.74, 6) is 0. The van der Waals surface area contributed by atoms with Crippen molar-refractivity contribution in [3.8, 4) is 0 Å². The third-order valence-corrected chi connectivity index (χ3v) is 3.98. The van der Waals surface area contributed by atoms with Crippen LogP contribution in [0.1, 0.15) is 44.6 Å². The first-order chi connectivity index (χ1) is 7.90. The standard InChI is InChI=1S/C15H20S/c1-2-3-4-5-6-7-13-8-9-15-14(12-13)10-11-16-15/h8-12H,2-7H2,1H3. The fourth-order valence-corrected chi connectivity index (χ4v) is 2.88. The maximum atomic E-state index is 2.35. The van der Waals surface area contributed by atoms with Gasteiger partial charge in [-0.3, -0.25) is 0 Å². The van der Waals surface area contributed by atoms with E-state index in [0.29, 0.717) is 0 Å². The second-order valence-corrected chi connectivity index (χ2v) is 5.40. The zero-order valence-electron chi connectivity index (χ0n) is 10.0. The van der Waals surface area contributed by atoms with Crippen molar-refractivity contribution < 1.29 is 0 Å². The van der Waals surface area contributed by atoms with E-state index in [1.54, 1.807) is 0 Å². The van der Waals surface area contributed by atoms with Crippen molar-refractivity contribution in [3.05, 3.63) is 35.2 Å². The number of hydrogen-bond donors (Lipinski definition) is 0. The van der Waals surface area contributed by atoms with Gasteiger partial charge in [-0.15, -0.1) is 11.3 Å². The highest BCUT2D eigenvalue weighted by atomic mass is 32.1. The lowest BCUT2D eigenvalue weighted by Gasteiger charge is -2.02. The zero-order chi connectivity index (χ0) is 11.2. The van der Waals surface area contributed by atoms with E-state index >= 15 is 0 Å². The van der Waals surface area contributed by atoms with Crippen molar-refractivity contribution in [2.24, 2.45) is 0 Å². The van der Waals surface area contributed by atoms with Crippen LogP contribution >= 0.6 is 11.3 Å². The van der Waals surface area contributed by atoms with Gasteiger partial charge in [-0.05, 0) is 41.3 Å². The van der Waals surface area contributed by atoms with E-state index in [1.165, 1.54) is 54.2 Å². The topological polar surface area (TPSA) is 0 Å². The summed E-state index contributed by atoms with van der Waals surface area (Å²) >= 11 is 1.83. The minimum absolute atomic E-state index is 1.25. The summed E-state index contributed by atoms with van der Waals surface area (Å²) in [6.07, 6.45) is 8.10. The molecule has 86 valence electrons. The third-order valence-electron chi connectivity index (χ3n) is 3.09. The van der Waals surface area contributed by atoms with Crippen LogP contribution in [0.25, 0.3) is 10.1 Å². The van der Waals surface area contributed by atoms with Gasteiger partial charge < -0.3 is 0 Å². The molecule has 0 unspecified atom stereocenters. The van der Waals surface area contributed by atoms with Crippen LogP contribution in [0.15, 0.2) is 29.6 Å². The molecule has 0 nitrogen and oxygen atoms in total. The summed E-state index contributed by atoms with van der Waals surface area (Å²) in [4.78, 5) is 0. The van der Waals surface area contributed by atoms with Gasteiger partial charge in [0.2, 0.25) is 0 Å². The van der Waals surface area contributed by atoms with Crippen molar-refractivity contribution >= 4 is 21.4 Å². The second kappa shape index (κ2) is 6.05. The lowest BCUT2D eigenvalue weighted by Crippen LogP contribution is -1.85. The molecule has 0 aliphatic carbocycles. The molecular formula is C15H20S. The summed E-state index contributed by atoms with van der Waals surface area (Å²) in [5.41, 5.74) is 1.50. The lowest BCUT2D eigenvalue weighted by molar-refractivity contribution is 0.632. The summed E-state index contributed by atoms with van der Waals surface area (Å²) < 4.78 is 1.41. The minimum atomic E-state index is 1.25. The molecule has 0 spiro atoms. The van der Waals surface area contributed by atoms with Crippen LogP contribution in [-0.4, -0.2) is 0 Å². The number of hydrogen-bond acceptors (Lipinski definition) is 1. The molecule has 0 saturated carbocycles. The predicted molar refractivity (Wildman–Crippen MR) is 74.3 cm³/mol. The highest BCUT2D eigenvalue weighted by Crippen LogP contribution is 2.22. The highest BCUT2D eigenvalue weighted by molar-refractivity contribution is 7.17. The Balaban J connectivity index is 1.84. The molecule has 1 aromatic carbocycles. The Morgan fingerprint density at radius 3 is 2.75 bits per heavy atom. The van der Waals surface area contributed by atoms with Crippen LogP contribution in [0.2, 0.25) is 0 Å². The van der Waals surface area contributed by atoms with Crippen LogP contribution in [0, 0.1) is 0 Å². The van der Waals surface area contributed by atoms with Crippen LogP contribution in [-0.2, 0) is 6.42 Å². The average molecular weight is 232 g/mol. The maximum absolute atomic E-state index is 2.35. The number of aryl methyl sites for hydroxylation is 1. The molecule has 0 atom stereocenters. The quantitative estimate of drug-likeness (QED) is 0.584. The Morgan fingerprint density at radius 2 is 1.88 bits per heavy atom. The maximum Gasteiger partial charge on any atom is 0.0342 e. The summed E-state index contributed by atoms with van der Waals surface area (Å²) in [5, 5.41) is 3.59. The van der Waals surface area contributed by atoms with Crippen molar-refractivity contribution in [1.29, 1.82) is 0 Å². The first-order valence-electron chi connectivity index (χ1n) is 6.36. The van der Waals surface area contributed by atoms with Crippen LogP contribution < -0.4 is 0 Å². The summed E-state index contributed by atoms with van der Waals surface area (Å²) in [7, 11) is 0. The van der Waals surface area contributed by atoms with E-state index in [4.69, 9.17) is 0 Å². The van der Waals surface area contributed by atoms with E-state index in [1.807, 2.05) is 11.3 Å². The van der Waals surface area contributed by atoms with Crippen molar-refractivity contribution in [2.45, 2.75) is 45.4 Å². The number of fused-ring (bicyclic) bond motifs is 1. The lowest BCUT2D eigenvalue weighted by atomic mass is 10.0. The molecule has 2 rings (SSSR count). The second-order valence-electron chi connectivity index (χ2n) is 4.46. The highest BCUT2D eigenvalue weighted by Gasteiger charge is 1.97. The first kappa shape index (κ1) is 11.7. The summed E-state index contributed by atoms with van der Waals surface area (Å²) in [6, 6.07) is 9.13. The Labute approximate surface area is 102 Å². The van der Waals surface area contributed by atoms with E-state index < -0.39 is 0 Å². The Kier molecular flexibility index (Phi) is 4.41. The molecule has 1 heteroatoms. The molecule has 0 saturated heterocycles. The molecule has 0 bridgehead atoms. The molecule has 1 aromatic heterocycles. The Morgan fingerprint density at radius 1 is 1.00 bits per heavy atom. The fraction of sp³-hybridized carbons (Fsp3) is 0.467. The normalized spacial score (nSPS) is 11.1. The molecule has 0 radical (unpaired) electrons. The first-order valence-corrected chi connectivity index (χ1v) is 7.24. The average Bonchev–Trinajstić information content (AvgIpc) is 2.76. The number of thiophene rings is 1.